The van der Waals surface area contributed by atoms with Crippen molar-refractivity contribution in [3.8, 4) is 11.5 Å². The highest BCUT2D eigenvalue weighted by atomic mass is 35.5. The molecule has 1 aliphatic carbocycles. The number of ketones is 1. The number of ether oxygens (including phenoxy) is 2. The zero-order valence-electron chi connectivity index (χ0n) is 16.2. The molecule has 2 aliphatic rings. The Balaban J connectivity index is 1.92. The maximum atomic E-state index is 13.0. The van der Waals surface area contributed by atoms with E-state index in [1.54, 1.807) is 6.07 Å². The maximum absolute atomic E-state index is 13.0. The Morgan fingerprint density at radius 3 is 2.54 bits per heavy atom. The van der Waals surface area contributed by atoms with Crippen molar-refractivity contribution in [2.24, 2.45) is 17.3 Å². The van der Waals surface area contributed by atoms with E-state index in [4.69, 9.17) is 21.1 Å². The average Bonchev–Trinajstić information content (AvgIpc) is 2.60. The first-order valence-corrected chi connectivity index (χ1v) is 9.30. The van der Waals surface area contributed by atoms with Crippen molar-refractivity contribution in [3.63, 3.8) is 0 Å². The lowest BCUT2D eigenvalue weighted by Gasteiger charge is -2.38. The number of piperidine rings is 1. The van der Waals surface area contributed by atoms with Gasteiger partial charge in [0.2, 0.25) is 11.8 Å². The van der Waals surface area contributed by atoms with Crippen molar-refractivity contribution in [1.29, 1.82) is 0 Å². The predicted molar refractivity (Wildman–Crippen MR) is 104 cm³/mol. The smallest absolute Gasteiger partial charge is 0.229 e. The summed E-state index contributed by atoms with van der Waals surface area (Å²) in [7, 11) is 2.92. The van der Waals surface area contributed by atoms with E-state index in [-0.39, 0.29) is 23.5 Å². The lowest BCUT2D eigenvalue weighted by atomic mass is 9.69. The number of allylic oxidation sites excluding steroid dienone is 2. The number of rotatable bonds is 4. The van der Waals surface area contributed by atoms with Gasteiger partial charge in [0.15, 0.2) is 0 Å². The van der Waals surface area contributed by atoms with Crippen LogP contribution in [-0.4, -0.2) is 31.8 Å². The summed E-state index contributed by atoms with van der Waals surface area (Å²) in [6.07, 6.45) is 2.13. The molecule has 0 aromatic heterocycles. The number of nitrogens with one attached hydrogen (secondary N) is 2. The van der Waals surface area contributed by atoms with Crippen LogP contribution < -0.4 is 20.1 Å². The number of hydrogen-bond acceptors (Lipinski definition) is 5. The monoisotopic (exact) mass is 406 g/mol. The Hall–Kier alpha value is -2.54. The molecule has 0 radical (unpaired) electrons. The molecule has 8 heteroatoms. The number of benzene rings is 1. The number of hydrogen-bond donors (Lipinski definition) is 2. The number of halogens is 1. The summed E-state index contributed by atoms with van der Waals surface area (Å²) >= 11 is 6.10. The van der Waals surface area contributed by atoms with Gasteiger partial charge in [-0.3, -0.25) is 14.4 Å². The average molecular weight is 407 g/mol. The predicted octanol–water partition coefficient (Wildman–Crippen LogP) is 2.93. The Labute approximate surface area is 168 Å². The van der Waals surface area contributed by atoms with Gasteiger partial charge in [-0.2, -0.15) is 0 Å². The molecule has 28 heavy (non-hydrogen) atoms. The SMILES string of the molecule is COc1cc(NC(=O)[C@@H]2CC(=O)NC3=CC(C)(C)CC(=O)[C@@H]32)c(OC)cc1Cl. The molecule has 0 unspecified atom stereocenters. The molecule has 1 saturated heterocycles. The van der Waals surface area contributed by atoms with Crippen LogP contribution in [0.5, 0.6) is 11.5 Å². The van der Waals surface area contributed by atoms with E-state index in [9.17, 15) is 14.4 Å². The number of methoxy groups -OCH3 is 2. The molecule has 150 valence electrons. The summed E-state index contributed by atoms with van der Waals surface area (Å²) in [5, 5.41) is 5.86. The molecule has 7 nitrogen and oxygen atoms in total. The van der Waals surface area contributed by atoms with Gasteiger partial charge in [0.25, 0.3) is 0 Å². The Kier molecular flexibility index (Phi) is 5.39. The van der Waals surface area contributed by atoms with Crippen LogP contribution in [-0.2, 0) is 14.4 Å². The molecule has 1 aromatic rings. The quantitative estimate of drug-likeness (QED) is 0.801. The second-order valence-electron chi connectivity index (χ2n) is 7.74. The first-order valence-electron chi connectivity index (χ1n) is 8.93. The van der Waals surface area contributed by atoms with Gasteiger partial charge in [-0.15, -0.1) is 0 Å². The summed E-state index contributed by atoms with van der Waals surface area (Å²) in [4.78, 5) is 37.9. The molecule has 3 rings (SSSR count). The van der Waals surface area contributed by atoms with E-state index >= 15 is 0 Å². The fourth-order valence-electron chi connectivity index (χ4n) is 3.81. The van der Waals surface area contributed by atoms with Crippen LogP contribution in [0.3, 0.4) is 0 Å². The number of carbonyl (C=O) groups is 3. The third-order valence-corrected chi connectivity index (χ3v) is 5.31. The maximum Gasteiger partial charge on any atom is 0.229 e. The highest BCUT2D eigenvalue weighted by molar-refractivity contribution is 6.32. The molecule has 2 atom stereocenters. The summed E-state index contributed by atoms with van der Waals surface area (Å²) in [6, 6.07) is 3.08. The number of amides is 2. The molecular formula is C20H23ClN2O5. The van der Waals surface area contributed by atoms with E-state index in [1.165, 1.54) is 20.3 Å². The first-order chi connectivity index (χ1) is 13.1. The normalized spacial score (nSPS) is 23.2. The van der Waals surface area contributed by atoms with E-state index in [0.717, 1.165) is 0 Å². The van der Waals surface area contributed by atoms with Gasteiger partial charge in [-0.05, 0) is 5.41 Å². The van der Waals surface area contributed by atoms with Gasteiger partial charge in [0.05, 0.1) is 36.8 Å². The van der Waals surface area contributed by atoms with Crippen molar-refractivity contribution in [2.45, 2.75) is 26.7 Å². The number of carbonyl (C=O) groups excluding carboxylic acids is 3. The van der Waals surface area contributed by atoms with Crippen molar-refractivity contribution in [2.75, 3.05) is 19.5 Å². The molecule has 1 aromatic carbocycles. The minimum Gasteiger partial charge on any atom is -0.495 e. The van der Waals surface area contributed by atoms with Gasteiger partial charge in [-0.25, -0.2) is 0 Å². The minimum atomic E-state index is -0.796. The summed E-state index contributed by atoms with van der Waals surface area (Å²) < 4.78 is 10.5. The Bertz CT molecular complexity index is 878. The highest BCUT2D eigenvalue weighted by Crippen LogP contribution is 2.41. The highest BCUT2D eigenvalue weighted by Gasteiger charge is 2.46. The molecular weight excluding hydrogens is 384 g/mol. The van der Waals surface area contributed by atoms with Gasteiger partial charge in [0, 0.05) is 30.7 Å². The fraction of sp³-hybridized carbons (Fsp3) is 0.450. The number of Topliss-reactive ketones (excluding diaryl/α,β-unsaturated/α-hetero) is 1. The third-order valence-electron chi connectivity index (χ3n) is 5.02. The van der Waals surface area contributed by atoms with E-state index in [2.05, 4.69) is 10.6 Å². The second kappa shape index (κ2) is 7.47. The summed E-state index contributed by atoms with van der Waals surface area (Å²) in [6.45, 7) is 3.85. The topological polar surface area (TPSA) is 93.7 Å². The van der Waals surface area contributed by atoms with Crippen LogP contribution in [0, 0.1) is 17.3 Å². The largest absolute Gasteiger partial charge is 0.495 e. The van der Waals surface area contributed by atoms with E-state index in [1.807, 2.05) is 19.9 Å². The van der Waals surface area contributed by atoms with Crippen LogP contribution in [0.2, 0.25) is 5.02 Å². The van der Waals surface area contributed by atoms with Crippen LogP contribution in [0.25, 0.3) is 0 Å². The molecule has 0 spiro atoms. The Morgan fingerprint density at radius 1 is 1.21 bits per heavy atom. The van der Waals surface area contributed by atoms with Crippen LogP contribution >= 0.6 is 11.6 Å². The van der Waals surface area contributed by atoms with Crippen molar-refractivity contribution >= 4 is 34.9 Å². The Morgan fingerprint density at radius 2 is 1.89 bits per heavy atom. The van der Waals surface area contributed by atoms with Gasteiger partial charge >= 0.3 is 0 Å². The molecule has 2 amide bonds. The molecule has 0 bridgehead atoms. The van der Waals surface area contributed by atoms with E-state index in [0.29, 0.717) is 34.3 Å². The van der Waals surface area contributed by atoms with E-state index < -0.39 is 17.7 Å². The fourth-order valence-corrected chi connectivity index (χ4v) is 4.04. The van der Waals surface area contributed by atoms with Crippen LogP contribution in [0.15, 0.2) is 23.9 Å². The zero-order chi connectivity index (χ0) is 20.6. The van der Waals surface area contributed by atoms with Gasteiger partial charge in [0.1, 0.15) is 17.3 Å². The van der Waals surface area contributed by atoms with Crippen molar-refractivity contribution < 1.29 is 23.9 Å². The summed E-state index contributed by atoms with van der Waals surface area (Å²) in [5.41, 5.74) is 0.508. The standard InChI is InChI=1S/C20H23ClN2O5/c1-20(2)8-13-18(14(24)9-20)10(5-17(25)22-13)19(26)23-12-7-15(27-3)11(21)6-16(12)28-4/h6-8,10,18H,5,9H2,1-4H3,(H,22,25)(H,23,26)/t10-,18-/m1/s1. The number of fused-ring (bicyclic) bond motifs is 1. The lowest BCUT2D eigenvalue weighted by molar-refractivity contribution is -0.136. The lowest BCUT2D eigenvalue weighted by Crippen LogP contribution is -2.49. The molecule has 0 saturated carbocycles. The molecule has 2 N–H and O–H groups in total. The van der Waals surface area contributed by atoms with Crippen LogP contribution in [0.1, 0.15) is 26.7 Å². The number of anilines is 1. The molecule has 1 fully saturated rings. The molecule has 1 heterocycles. The van der Waals surface area contributed by atoms with Gasteiger partial charge < -0.3 is 20.1 Å². The third kappa shape index (κ3) is 3.85. The van der Waals surface area contributed by atoms with Crippen molar-refractivity contribution in [1.82, 2.24) is 5.32 Å². The zero-order valence-corrected chi connectivity index (χ0v) is 17.0. The minimum absolute atomic E-state index is 0.0525. The second-order valence-corrected chi connectivity index (χ2v) is 8.15. The van der Waals surface area contributed by atoms with Gasteiger partial charge in [-0.1, -0.05) is 31.5 Å². The van der Waals surface area contributed by atoms with Crippen LogP contribution in [0.4, 0.5) is 5.69 Å². The summed E-state index contributed by atoms with van der Waals surface area (Å²) in [5.74, 6) is -1.50. The molecule has 1 aliphatic heterocycles. The van der Waals surface area contributed by atoms with Crippen molar-refractivity contribution in [3.05, 3.63) is 28.9 Å². The first kappa shape index (κ1) is 20.2.